The van der Waals surface area contributed by atoms with E-state index in [2.05, 4.69) is 15.6 Å². The zero-order chi connectivity index (χ0) is 24.0. The second-order valence-electron chi connectivity index (χ2n) is 7.33. The van der Waals surface area contributed by atoms with Crippen molar-refractivity contribution in [1.82, 2.24) is 15.2 Å². The molecule has 174 valence electrons. The average Bonchev–Trinajstić information content (AvgIpc) is 3.16. The van der Waals surface area contributed by atoms with E-state index in [1.54, 1.807) is 24.3 Å². The molecule has 1 atom stereocenters. The highest BCUT2D eigenvalue weighted by molar-refractivity contribution is 7.22. The van der Waals surface area contributed by atoms with Crippen LogP contribution in [0.4, 0.5) is 14.7 Å². The van der Waals surface area contributed by atoms with E-state index in [0.29, 0.717) is 10.2 Å². The Labute approximate surface area is 199 Å². The molecule has 0 spiro atoms. The first-order valence-electron chi connectivity index (χ1n) is 9.99. The summed E-state index contributed by atoms with van der Waals surface area (Å²) in [5.41, 5.74) is 2.55. The second-order valence-corrected chi connectivity index (χ2v) is 8.76. The Hall–Kier alpha value is -3.37. The number of likely N-dealkylation sites (N-methyl/N-ethyl adjacent to an activating group) is 1. The van der Waals surface area contributed by atoms with Crippen molar-refractivity contribution in [3.8, 4) is 0 Å². The lowest BCUT2D eigenvalue weighted by atomic mass is 10.2. The van der Waals surface area contributed by atoms with Crippen molar-refractivity contribution in [1.29, 1.82) is 0 Å². The fourth-order valence-corrected chi connectivity index (χ4v) is 4.15. The summed E-state index contributed by atoms with van der Waals surface area (Å²) in [7, 11) is 1.44. The molecule has 0 unspecified atom stereocenters. The molecule has 3 N–H and O–H groups in total. The molecule has 0 aliphatic rings. The number of nitrogens with zero attached hydrogens (tertiary/aromatic N) is 2. The second kappa shape index (κ2) is 11.0. The molecule has 0 aliphatic carbocycles. The third kappa shape index (κ3) is 6.80. The monoisotopic (exact) mass is 490 g/mol. The van der Waals surface area contributed by atoms with E-state index in [1.165, 1.54) is 23.3 Å². The average molecular weight is 491 g/mol. The van der Waals surface area contributed by atoms with Gasteiger partial charge in [-0.2, -0.15) is 0 Å². The van der Waals surface area contributed by atoms with E-state index >= 15 is 0 Å². The Morgan fingerprint density at radius 1 is 1.24 bits per heavy atom. The van der Waals surface area contributed by atoms with E-state index in [1.807, 2.05) is 25.1 Å². The lowest BCUT2D eigenvalue weighted by molar-refractivity contribution is -0.138. The molecule has 3 amide bonds. The number of carboxylic acids is 1. The van der Waals surface area contributed by atoms with Crippen LogP contribution in [0.5, 0.6) is 0 Å². The Balaban J connectivity index is 1.56. The van der Waals surface area contributed by atoms with E-state index in [4.69, 9.17) is 16.3 Å². The minimum absolute atomic E-state index is 0.168. The van der Waals surface area contributed by atoms with Crippen LogP contribution in [0.15, 0.2) is 42.5 Å². The number of carboxylic acid groups (broad SMARTS) is 1. The van der Waals surface area contributed by atoms with Gasteiger partial charge in [0.15, 0.2) is 5.13 Å². The van der Waals surface area contributed by atoms with Gasteiger partial charge >= 0.3 is 18.1 Å². The number of carbonyl (C=O) groups excluding carboxylic acids is 2. The van der Waals surface area contributed by atoms with Crippen LogP contribution in [-0.2, 0) is 16.1 Å². The number of ether oxygens (including phenoxy) is 1. The first-order chi connectivity index (χ1) is 15.7. The number of nitrogens with one attached hydrogen (secondary N) is 2. The summed E-state index contributed by atoms with van der Waals surface area (Å²) in [5, 5.41) is 15.3. The molecule has 3 aromatic rings. The van der Waals surface area contributed by atoms with E-state index in [-0.39, 0.29) is 13.2 Å². The predicted octanol–water partition coefficient (Wildman–Crippen LogP) is 4.49. The van der Waals surface area contributed by atoms with Crippen LogP contribution >= 0.6 is 22.9 Å². The molecule has 11 heteroatoms. The van der Waals surface area contributed by atoms with Gasteiger partial charge in [0, 0.05) is 18.6 Å². The number of benzene rings is 2. The Morgan fingerprint density at radius 3 is 2.73 bits per heavy atom. The van der Waals surface area contributed by atoms with Gasteiger partial charge < -0.3 is 20.1 Å². The van der Waals surface area contributed by atoms with Crippen molar-refractivity contribution in [2.24, 2.45) is 0 Å². The standard InChI is InChI=1S/C22H23ClN4O5S/c1-13-7-8-17-18(9-13)33-20(25-17)26-22(31)32-12-15(10-19(28)29)27(2)21(30)24-11-14-5-3-4-6-16(14)23/h3-9,15H,10-12H2,1-2H3,(H,24,30)(H,28,29)(H,25,26,31)/t15-/m0/s1. The van der Waals surface area contributed by atoms with Crippen LogP contribution in [0.3, 0.4) is 0 Å². The molecule has 0 fully saturated rings. The summed E-state index contributed by atoms with van der Waals surface area (Å²) < 4.78 is 6.11. The number of hydrogen-bond donors (Lipinski definition) is 3. The van der Waals surface area contributed by atoms with E-state index in [9.17, 15) is 19.5 Å². The normalized spacial score (nSPS) is 11.6. The van der Waals surface area contributed by atoms with Gasteiger partial charge in [0.1, 0.15) is 6.61 Å². The van der Waals surface area contributed by atoms with Crippen LogP contribution in [0.25, 0.3) is 10.2 Å². The summed E-state index contributed by atoms with van der Waals surface area (Å²) in [6, 6.07) is 11.4. The Bertz CT molecular complexity index is 1170. The predicted molar refractivity (Wildman–Crippen MR) is 127 cm³/mol. The smallest absolute Gasteiger partial charge is 0.413 e. The third-order valence-electron chi connectivity index (χ3n) is 4.83. The van der Waals surface area contributed by atoms with Crippen molar-refractivity contribution >= 4 is 56.4 Å². The van der Waals surface area contributed by atoms with Crippen molar-refractivity contribution in [3.63, 3.8) is 0 Å². The largest absolute Gasteiger partial charge is 0.481 e. The highest BCUT2D eigenvalue weighted by Gasteiger charge is 2.24. The molecular formula is C22H23ClN4O5S. The topological polar surface area (TPSA) is 121 Å². The lowest BCUT2D eigenvalue weighted by Crippen LogP contribution is -2.46. The van der Waals surface area contributed by atoms with E-state index < -0.39 is 30.6 Å². The van der Waals surface area contributed by atoms with Crippen LogP contribution in [0, 0.1) is 6.92 Å². The molecule has 0 saturated heterocycles. The van der Waals surface area contributed by atoms with Crippen LogP contribution in [0.2, 0.25) is 5.02 Å². The van der Waals surface area contributed by atoms with Gasteiger partial charge in [-0.1, -0.05) is 47.2 Å². The number of aryl methyl sites for hydroxylation is 1. The van der Waals surface area contributed by atoms with Gasteiger partial charge in [-0.25, -0.2) is 14.6 Å². The van der Waals surface area contributed by atoms with Crippen molar-refractivity contribution in [2.75, 3.05) is 19.0 Å². The molecule has 9 nitrogen and oxygen atoms in total. The molecule has 3 rings (SSSR count). The van der Waals surface area contributed by atoms with Crippen LogP contribution < -0.4 is 10.6 Å². The summed E-state index contributed by atoms with van der Waals surface area (Å²) >= 11 is 7.39. The molecule has 0 bridgehead atoms. The number of aliphatic carboxylic acids is 1. The van der Waals surface area contributed by atoms with Gasteiger partial charge in [0.25, 0.3) is 0 Å². The number of hydrogen-bond acceptors (Lipinski definition) is 6. The fraction of sp³-hybridized carbons (Fsp3) is 0.273. The number of halogens is 1. The molecule has 0 aliphatic heterocycles. The van der Waals surface area contributed by atoms with Gasteiger partial charge in [-0.05, 0) is 36.2 Å². The Kier molecular flexibility index (Phi) is 8.07. The summed E-state index contributed by atoms with van der Waals surface area (Å²) in [6.07, 6.45) is -1.19. The summed E-state index contributed by atoms with van der Waals surface area (Å²) in [4.78, 5) is 41.6. The third-order valence-corrected chi connectivity index (χ3v) is 6.13. The van der Waals surface area contributed by atoms with Gasteiger partial charge in [0.2, 0.25) is 0 Å². The molecular weight excluding hydrogens is 468 g/mol. The number of urea groups is 1. The molecule has 0 radical (unpaired) electrons. The summed E-state index contributed by atoms with van der Waals surface area (Å²) in [5.74, 6) is -1.13. The number of aromatic nitrogens is 1. The zero-order valence-corrected chi connectivity index (χ0v) is 19.6. The lowest BCUT2D eigenvalue weighted by Gasteiger charge is -2.27. The Morgan fingerprint density at radius 2 is 2.00 bits per heavy atom. The van der Waals surface area contributed by atoms with Crippen LogP contribution in [0.1, 0.15) is 17.5 Å². The molecule has 33 heavy (non-hydrogen) atoms. The molecule has 1 aromatic heterocycles. The maximum Gasteiger partial charge on any atom is 0.413 e. The molecule has 1 heterocycles. The highest BCUT2D eigenvalue weighted by atomic mass is 35.5. The number of amides is 3. The molecule has 0 saturated carbocycles. The van der Waals surface area contributed by atoms with Gasteiger partial charge in [-0.15, -0.1) is 0 Å². The van der Waals surface area contributed by atoms with Crippen LogP contribution in [-0.4, -0.2) is 52.8 Å². The first kappa shape index (κ1) is 24.3. The minimum atomic E-state index is -1.13. The SMILES string of the molecule is Cc1ccc2nc(NC(=O)OC[C@H](CC(=O)O)N(C)C(=O)NCc3ccccc3Cl)sc2c1. The summed E-state index contributed by atoms with van der Waals surface area (Å²) in [6.45, 7) is 1.82. The number of fused-ring (bicyclic) bond motifs is 1. The fourth-order valence-electron chi connectivity index (χ4n) is 2.99. The maximum atomic E-state index is 12.5. The quantitative estimate of drug-likeness (QED) is 0.427. The van der Waals surface area contributed by atoms with Gasteiger partial charge in [-0.3, -0.25) is 10.1 Å². The highest BCUT2D eigenvalue weighted by Crippen LogP contribution is 2.26. The number of thiazole rings is 1. The van der Waals surface area contributed by atoms with Crippen molar-refractivity contribution in [2.45, 2.75) is 25.9 Å². The van der Waals surface area contributed by atoms with Crippen molar-refractivity contribution in [3.05, 3.63) is 58.6 Å². The van der Waals surface area contributed by atoms with Crippen molar-refractivity contribution < 1.29 is 24.2 Å². The molecule has 2 aromatic carbocycles. The zero-order valence-electron chi connectivity index (χ0n) is 18.0. The maximum absolute atomic E-state index is 12.5. The first-order valence-corrected chi connectivity index (χ1v) is 11.2. The minimum Gasteiger partial charge on any atom is -0.481 e. The van der Waals surface area contributed by atoms with Gasteiger partial charge in [0.05, 0.1) is 22.7 Å². The number of rotatable bonds is 8. The number of anilines is 1. The van der Waals surface area contributed by atoms with E-state index in [0.717, 1.165) is 21.3 Å². The number of carbonyl (C=O) groups is 3.